The molecular weight excluding hydrogens is 328 g/mol. The lowest BCUT2D eigenvalue weighted by atomic mass is 9.92. The van der Waals surface area contributed by atoms with Crippen molar-refractivity contribution in [3.8, 4) is 0 Å². The van der Waals surface area contributed by atoms with Gasteiger partial charge in [0.25, 0.3) is 0 Å². The summed E-state index contributed by atoms with van der Waals surface area (Å²) in [6.07, 6.45) is 1.60. The first-order valence-electron chi connectivity index (χ1n) is 8.30. The number of amides is 1. The number of nitrogens with zero attached hydrogens (tertiary/aromatic N) is 1. The molecule has 3 unspecified atom stereocenters. The summed E-state index contributed by atoms with van der Waals surface area (Å²) in [7, 11) is 0. The predicted molar refractivity (Wildman–Crippen MR) is 95.7 cm³/mol. The molecule has 0 saturated carbocycles. The van der Waals surface area contributed by atoms with Gasteiger partial charge in [-0.15, -0.1) is 12.4 Å². The lowest BCUT2D eigenvalue weighted by Crippen LogP contribution is -2.46. The highest BCUT2D eigenvalue weighted by Crippen LogP contribution is 2.24. The van der Waals surface area contributed by atoms with Crippen molar-refractivity contribution in [3.63, 3.8) is 0 Å². The summed E-state index contributed by atoms with van der Waals surface area (Å²) in [5.41, 5.74) is 7.20. The number of carbonyl (C=O) groups is 2. The minimum absolute atomic E-state index is 0. The van der Waals surface area contributed by atoms with Crippen LogP contribution in [0.2, 0.25) is 0 Å². The second kappa shape index (κ2) is 9.64. The Labute approximate surface area is 149 Å². The van der Waals surface area contributed by atoms with Gasteiger partial charge in [0.1, 0.15) is 0 Å². The van der Waals surface area contributed by atoms with E-state index in [9.17, 15) is 9.59 Å². The fourth-order valence-corrected chi connectivity index (χ4v) is 3.04. The zero-order valence-corrected chi connectivity index (χ0v) is 15.1. The Morgan fingerprint density at radius 2 is 2.00 bits per heavy atom. The van der Waals surface area contributed by atoms with E-state index in [1.807, 2.05) is 37.3 Å². The summed E-state index contributed by atoms with van der Waals surface area (Å²) in [5, 5.41) is 0. The van der Waals surface area contributed by atoms with E-state index in [-0.39, 0.29) is 42.2 Å². The molecule has 1 aromatic rings. The Hall–Kier alpha value is -1.59. The van der Waals surface area contributed by atoms with Crippen LogP contribution in [-0.2, 0) is 14.3 Å². The number of nitrogens with two attached hydrogens (primary N) is 1. The largest absolute Gasteiger partial charge is 0.466 e. The van der Waals surface area contributed by atoms with Crippen LogP contribution in [0.25, 0.3) is 0 Å². The van der Waals surface area contributed by atoms with E-state index < -0.39 is 0 Å². The highest BCUT2D eigenvalue weighted by Gasteiger charge is 2.33. The van der Waals surface area contributed by atoms with Gasteiger partial charge in [-0.25, -0.2) is 0 Å². The molecule has 5 nitrogen and oxygen atoms in total. The van der Waals surface area contributed by atoms with Crippen molar-refractivity contribution >= 4 is 24.3 Å². The Morgan fingerprint density at radius 3 is 2.62 bits per heavy atom. The topological polar surface area (TPSA) is 72.6 Å². The van der Waals surface area contributed by atoms with Gasteiger partial charge in [-0.3, -0.25) is 9.59 Å². The molecule has 1 fully saturated rings. The normalized spacial score (nSPS) is 19.8. The Bertz CT molecular complexity index is 538. The lowest BCUT2D eigenvalue weighted by molar-refractivity contribution is -0.152. The maximum atomic E-state index is 12.7. The molecule has 2 N–H and O–H groups in total. The Morgan fingerprint density at radius 1 is 1.33 bits per heavy atom. The minimum atomic E-state index is -0.341. The van der Waals surface area contributed by atoms with E-state index in [4.69, 9.17) is 10.5 Å². The number of hydrogen-bond acceptors (Lipinski definition) is 4. The van der Waals surface area contributed by atoms with Gasteiger partial charge in [0.05, 0.1) is 18.4 Å². The number of ether oxygens (including phenoxy) is 1. The average molecular weight is 355 g/mol. The first kappa shape index (κ1) is 20.5. The van der Waals surface area contributed by atoms with Crippen LogP contribution < -0.4 is 5.73 Å². The van der Waals surface area contributed by atoms with Crippen molar-refractivity contribution in [3.05, 3.63) is 35.9 Å². The van der Waals surface area contributed by atoms with Crippen molar-refractivity contribution in [1.29, 1.82) is 0 Å². The average Bonchev–Trinajstić information content (AvgIpc) is 2.61. The van der Waals surface area contributed by atoms with E-state index in [0.717, 1.165) is 18.4 Å². The molecule has 1 amide bonds. The van der Waals surface area contributed by atoms with E-state index in [2.05, 4.69) is 0 Å². The second-order valence-electron chi connectivity index (χ2n) is 6.10. The zero-order valence-electron chi connectivity index (χ0n) is 14.3. The monoisotopic (exact) mass is 354 g/mol. The third-order valence-corrected chi connectivity index (χ3v) is 4.47. The number of esters is 1. The van der Waals surface area contributed by atoms with Crippen LogP contribution in [-0.4, -0.2) is 36.5 Å². The van der Waals surface area contributed by atoms with Crippen LogP contribution in [0.1, 0.15) is 38.3 Å². The van der Waals surface area contributed by atoms with Gasteiger partial charge >= 0.3 is 5.97 Å². The summed E-state index contributed by atoms with van der Waals surface area (Å²) in [6, 6.07) is 9.30. The maximum absolute atomic E-state index is 12.7. The van der Waals surface area contributed by atoms with Gasteiger partial charge in [-0.2, -0.15) is 0 Å². The first-order valence-corrected chi connectivity index (χ1v) is 8.30. The number of hydrogen-bond donors (Lipinski definition) is 1. The molecule has 0 aliphatic carbocycles. The van der Waals surface area contributed by atoms with Crippen LogP contribution in [0, 0.1) is 11.8 Å². The van der Waals surface area contributed by atoms with Gasteiger partial charge in [-0.05, 0) is 25.3 Å². The van der Waals surface area contributed by atoms with Crippen molar-refractivity contribution in [2.45, 2.75) is 32.7 Å². The molecule has 0 bridgehead atoms. The minimum Gasteiger partial charge on any atom is -0.466 e. The van der Waals surface area contributed by atoms with Gasteiger partial charge in [0.2, 0.25) is 5.91 Å². The smallest absolute Gasteiger partial charge is 0.310 e. The fraction of sp³-hybridized carbons (Fsp3) is 0.556. The Kier molecular flexibility index (Phi) is 8.22. The molecule has 1 heterocycles. The molecule has 1 saturated heterocycles. The van der Waals surface area contributed by atoms with E-state index in [1.165, 1.54) is 0 Å². The predicted octanol–water partition coefficient (Wildman–Crippen LogP) is 2.55. The number of piperidine rings is 1. The number of carbonyl (C=O) groups excluding carboxylic acids is 2. The van der Waals surface area contributed by atoms with Crippen molar-refractivity contribution in [2.24, 2.45) is 17.6 Å². The SMILES string of the molecule is CCOC(=O)C1CCCN(C(=O)C(C)C(N)c2ccccc2)C1.Cl. The molecule has 24 heavy (non-hydrogen) atoms. The molecule has 134 valence electrons. The summed E-state index contributed by atoms with van der Waals surface area (Å²) in [4.78, 5) is 26.4. The highest BCUT2D eigenvalue weighted by atomic mass is 35.5. The molecule has 2 rings (SSSR count). The zero-order chi connectivity index (χ0) is 16.8. The van der Waals surface area contributed by atoms with Crippen LogP contribution in [0.4, 0.5) is 0 Å². The number of rotatable bonds is 5. The number of halogens is 1. The quantitative estimate of drug-likeness (QED) is 0.825. The molecule has 0 spiro atoms. The number of likely N-dealkylation sites (tertiary alicyclic amines) is 1. The highest BCUT2D eigenvalue weighted by molar-refractivity contribution is 5.85. The summed E-state index contributed by atoms with van der Waals surface area (Å²) in [5.74, 6) is -0.730. The van der Waals surface area contributed by atoms with Crippen molar-refractivity contribution in [2.75, 3.05) is 19.7 Å². The fourth-order valence-electron chi connectivity index (χ4n) is 3.04. The third kappa shape index (κ3) is 4.95. The third-order valence-electron chi connectivity index (χ3n) is 4.47. The summed E-state index contributed by atoms with van der Waals surface area (Å²) < 4.78 is 5.09. The van der Waals surface area contributed by atoms with Gasteiger partial charge in [0, 0.05) is 19.1 Å². The Balaban J connectivity index is 0.00000288. The van der Waals surface area contributed by atoms with E-state index >= 15 is 0 Å². The van der Waals surface area contributed by atoms with Gasteiger partial charge in [0.15, 0.2) is 0 Å². The molecule has 0 aromatic heterocycles. The molecule has 3 atom stereocenters. The summed E-state index contributed by atoms with van der Waals surface area (Å²) >= 11 is 0. The number of benzene rings is 1. The van der Waals surface area contributed by atoms with Crippen LogP contribution in [0.3, 0.4) is 0 Å². The van der Waals surface area contributed by atoms with Crippen molar-refractivity contribution in [1.82, 2.24) is 4.90 Å². The lowest BCUT2D eigenvalue weighted by Gasteiger charge is -2.34. The van der Waals surface area contributed by atoms with Crippen LogP contribution in [0.15, 0.2) is 30.3 Å². The molecule has 1 aromatic carbocycles. The molecule has 1 aliphatic rings. The van der Waals surface area contributed by atoms with Crippen LogP contribution in [0.5, 0.6) is 0 Å². The molecule has 6 heteroatoms. The summed E-state index contributed by atoms with van der Waals surface area (Å²) in [6.45, 7) is 5.14. The second-order valence-corrected chi connectivity index (χ2v) is 6.10. The van der Waals surface area contributed by atoms with Gasteiger partial charge < -0.3 is 15.4 Å². The van der Waals surface area contributed by atoms with Crippen molar-refractivity contribution < 1.29 is 14.3 Å². The van der Waals surface area contributed by atoms with Crippen LogP contribution >= 0.6 is 12.4 Å². The molecule has 1 aliphatic heterocycles. The molecule has 0 radical (unpaired) electrons. The molecular formula is C18H27ClN2O3. The van der Waals surface area contributed by atoms with Gasteiger partial charge in [-0.1, -0.05) is 37.3 Å². The first-order chi connectivity index (χ1) is 11.0. The standard InChI is InChI=1S/C18H26N2O3.ClH/c1-3-23-18(22)15-10-7-11-20(12-15)17(21)13(2)16(19)14-8-5-4-6-9-14;/h4-6,8-9,13,15-16H,3,7,10-12,19H2,1-2H3;1H. The van der Waals surface area contributed by atoms with E-state index in [0.29, 0.717) is 19.7 Å². The maximum Gasteiger partial charge on any atom is 0.310 e. The van der Waals surface area contributed by atoms with E-state index in [1.54, 1.807) is 11.8 Å².